The van der Waals surface area contributed by atoms with Crippen LogP contribution >= 0.6 is 37.0 Å². The lowest BCUT2D eigenvalue weighted by atomic mass is 9.98. The van der Waals surface area contributed by atoms with Gasteiger partial charge in [0.25, 0.3) is 5.88 Å². The number of nitrogens with zero attached hydrogens (tertiary/aromatic N) is 5. The van der Waals surface area contributed by atoms with Gasteiger partial charge in [0.2, 0.25) is 0 Å². The van der Waals surface area contributed by atoms with Crippen molar-refractivity contribution in [1.82, 2.24) is 24.6 Å². The van der Waals surface area contributed by atoms with Crippen molar-refractivity contribution < 1.29 is 13.9 Å². The van der Waals surface area contributed by atoms with Crippen LogP contribution in [0.5, 0.6) is 5.88 Å². The molecule has 0 bridgehead atoms. The molecule has 0 N–H and O–H groups in total. The molecule has 158 valence electrons. The van der Waals surface area contributed by atoms with Crippen LogP contribution in [0.25, 0.3) is 16.9 Å². The summed E-state index contributed by atoms with van der Waals surface area (Å²) in [5.74, 6) is 0.0322. The number of pyridine rings is 1. The zero-order chi connectivity index (χ0) is 21.7. The fraction of sp³-hybridized carbons (Fsp3) is 0.412. The van der Waals surface area contributed by atoms with E-state index >= 15 is 0 Å². The second-order valence-corrected chi connectivity index (χ2v) is 13.8. The van der Waals surface area contributed by atoms with E-state index in [-0.39, 0.29) is 22.7 Å². The van der Waals surface area contributed by atoms with Gasteiger partial charge < -0.3 is 9.47 Å². The highest BCUT2D eigenvalue weighted by Crippen LogP contribution is 2.40. The van der Waals surface area contributed by atoms with Crippen LogP contribution < -0.4 is 4.74 Å². The molecule has 5 unspecified atom stereocenters. The minimum Gasteiger partial charge on any atom is -0.471 e. The molecule has 0 amide bonds. The van der Waals surface area contributed by atoms with Crippen LogP contribution in [-0.2, 0) is 9.98 Å². The van der Waals surface area contributed by atoms with Gasteiger partial charge in [0.15, 0.2) is 25.1 Å². The van der Waals surface area contributed by atoms with E-state index in [2.05, 4.69) is 57.1 Å². The molecule has 0 aliphatic heterocycles. The largest absolute Gasteiger partial charge is 0.471 e. The highest BCUT2D eigenvalue weighted by atomic mass is 31.1. The first-order valence-electron chi connectivity index (χ1n) is 9.42. The zero-order valence-corrected chi connectivity index (χ0v) is 21.2. The summed E-state index contributed by atoms with van der Waals surface area (Å²) in [6.45, 7) is 1.84. The molecule has 3 heterocycles. The molecule has 30 heavy (non-hydrogen) atoms. The van der Waals surface area contributed by atoms with E-state index in [0.717, 1.165) is 12.8 Å². The summed E-state index contributed by atoms with van der Waals surface area (Å²) in [5, 5.41) is 7.77. The Morgan fingerprint density at radius 2 is 1.93 bits per heavy atom. The second kappa shape index (κ2) is 8.26. The first kappa shape index (κ1) is 22.4. The molecule has 0 saturated heterocycles. The molecule has 3 aromatic heterocycles. The summed E-state index contributed by atoms with van der Waals surface area (Å²) in [5.41, 5.74) is 1.65. The molecule has 1 aliphatic carbocycles. The van der Waals surface area contributed by atoms with Gasteiger partial charge in [0, 0.05) is 22.6 Å². The normalized spacial score (nSPS) is 17.7. The van der Waals surface area contributed by atoms with Gasteiger partial charge in [-0.2, -0.15) is 0 Å². The summed E-state index contributed by atoms with van der Waals surface area (Å²) in [6, 6.07) is 1.37. The molecule has 1 aliphatic rings. The quantitative estimate of drug-likeness (QED) is 0.379. The van der Waals surface area contributed by atoms with Crippen LogP contribution in [0.15, 0.2) is 24.7 Å². The summed E-state index contributed by atoms with van der Waals surface area (Å²) in [7, 11) is 12.5. The van der Waals surface area contributed by atoms with Gasteiger partial charge in [-0.15, -0.1) is 47.2 Å². The van der Waals surface area contributed by atoms with Gasteiger partial charge in [-0.3, -0.25) is 9.38 Å². The Morgan fingerprint density at radius 3 is 2.57 bits per heavy atom. The van der Waals surface area contributed by atoms with E-state index < -0.39 is 11.1 Å². The van der Waals surface area contributed by atoms with Gasteiger partial charge in [0.1, 0.15) is 11.3 Å². The number of hydrogen-bond donors (Lipinski definition) is 0. The van der Waals surface area contributed by atoms with Gasteiger partial charge >= 0.3 is 0 Å². The standard InChI is InChI=1S/C17H23BFN5O2P4/c1-8(17(28,29)30)25-14-11(19)4-9(5-21-14)12-7-24-13(6-20-12)22-23-15(24)16(18,27)26-10-2-3-10/h4-8,10H,2-3,18,27-30H2,1H3/t8-,16?/m1/s1. The van der Waals surface area contributed by atoms with Gasteiger partial charge in [0.05, 0.1) is 18.0 Å². The van der Waals surface area contributed by atoms with E-state index in [4.69, 9.17) is 9.47 Å². The van der Waals surface area contributed by atoms with E-state index in [0.29, 0.717) is 22.7 Å². The predicted molar refractivity (Wildman–Crippen MR) is 130 cm³/mol. The summed E-state index contributed by atoms with van der Waals surface area (Å²) < 4.78 is 27.8. The van der Waals surface area contributed by atoms with Crippen LogP contribution in [0.4, 0.5) is 4.39 Å². The molecule has 7 nitrogen and oxygen atoms in total. The first-order chi connectivity index (χ1) is 14.0. The molecular weight excluding hydrogens is 460 g/mol. The van der Waals surface area contributed by atoms with Crippen LogP contribution in [0.1, 0.15) is 25.6 Å². The molecule has 4 rings (SSSR count). The maximum Gasteiger partial charge on any atom is 0.250 e. The molecule has 0 spiro atoms. The summed E-state index contributed by atoms with van der Waals surface area (Å²) in [4.78, 5) is 8.55. The van der Waals surface area contributed by atoms with Crippen molar-refractivity contribution in [3.8, 4) is 17.1 Å². The minimum absolute atomic E-state index is 0.0515. The molecular formula is C17H23BFN5O2P4. The Labute approximate surface area is 184 Å². The van der Waals surface area contributed by atoms with E-state index in [1.807, 2.05) is 19.2 Å². The predicted octanol–water partition coefficient (Wildman–Crippen LogP) is 2.17. The first-order valence-corrected chi connectivity index (χ1v) is 11.7. The Morgan fingerprint density at radius 1 is 1.20 bits per heavy atom. The molecule has 1 fully saturated rings. The molecule has 0 radical (unpaired) electrons. The zero-order valence-electron chi connectivity index (χ0n) is 16.6. The van der Waals surface area contributed by atoms with E-state index in [1.54, 1.807) is 18.6 Å². The fourth-order valence-corrected chi connectivity index (χ4v) is 3.39. The maximum absolute atomic E-state index is 14.7. The van der Waals surface area contributed by atoms with Crippen molar-refractivity contribution in [2.45, 2.75) is 41.9 Å². The molecule has 13 heteroatoms. The monoisotopic (exact) mass is 483 g/mol. The van der Waals surface area contributed by atoms with Crippen molar-refractivity contribution in [1.29, 1.82) is 0 Å². The van der Waals surface area contributed by atoms with Crippen LogP contribution in [-0.4, -0.2) is 49.3 Å². The number of halogens is 1. The smallest absolute Gasteiger partial charge is 0.250 e. The Hall–Kier alpha value is -0.825. The Balaban J connectivity index is 1.64. The number of aromatic nitrogens is 5. The summed E-state index contributed by atoms with van der Waals surface area (Å²) >= 11 is 0. The SMILES string of the molecule is BC(P)(OC1CC1)c1nnc2cnc(-c3cnc(O[C@H](C)C(P)(P)P)c(F)c3)cn12. The molecule has 6 atom stereocenters. The Bertz CT molecular complexity index is 1090. The second-order valence-electron chi connectivity index (χ2n) is 7.72. The van der Waals surface area contributed by atoms with Crippen molar-refractivity contribution >= 4 is 50.5 Å². The molecule has 1 saturated carbocycles. The highest BCUT2D eigenvalue weighted by Gasteiger charge is 2.35. The van der Waals surface area contributed by atoms with Crippen LogP contribution in [0, 0.1) is 5.82 Å². The van der Waals surface area contributed by atoms with Gasteiger partial charge in [-0.25, -0.2) is 9.37 Å². The van der Waals surface area contributed by atoms with Gasteiger partial charge in [-0.1, -0.05) is 0 Å². The topological polar surface area (TPSA) is 74.4 Å². The lowest BCUT2D eigenvalue weighted by Crippen LogP contribution is -2.27. The lowest BCUT2D eigenvalue weighted by molar-refractivity contribution is 0.0605. The number of fused-ring (bicyclic) bond motifs is 1. The molecule has 3 aromatic rings. The van der Waals surface area contributed by atoms with Crippen LogP contribution in [0.3, 0.4) is 0 Å². The third-order valence-electron chi connectivity index (χ3n) is 4.77. The number of ether oxygens (including phenoxy) is 2. The lowest BCUT2D eigenvalue weighted by Gasteiger charge is -2.26. The summed E-state index contributed by atoms with van der Waals surface area (Å²) in [6.07, 6.45) is 6.96. The van der Waals surface area contributed by atoms with Crippen molar-refractivity contribution in [3.05, 3.63) is 36.3 Å². The van der Waals surface area contributed by atoms with Crippen molar-refractivity contribution in [3.63, 3.8) is 0 Å². The third-order valence-corrected chi connectivity index (χ3v) is 6.57. The number of rotatable bonds is 7. The maximum atomic E-state index is 14.7. The Kier molecular flexibility index (Phi) is 6.16. The third kappa shape index (κ3) is 4.82. The molecule has 0 aromatic carbocycles. The average molecular weight is 483 g/mol. The highest BCUT2D eigenvalue weighted by molar-refractivity contribution is 7.57. The number of hydrogen-bond acceptors (Lipinski definition) is 6. The fourth-order valence-electron chi connectivity index (χ4n) is 2.80. The van der Waals surface area contributed by atoms with Crippen LogP contribution in [0.2, 0.25) is 0 Å². The van der Waals surface area contributed by atoms with E-state index in [9.17, 15) is 4.39 Å². The average Bonchev–Trinajstić information content (AvgIpc) is 3.35. The van der Waals surface area contributed by atoms with E-state index in [1.165, 1.54) is 6.07 Å². The van der Waals surface area contributed by atoms with Gasteiger partial charge in [-0.05, 0) is 25.8 Å². The van der Waals surface area contributed by atoms with Crippen molar-refractivity contribution in [2.75, 3.05) is 0 Å². The van der Waals surface area contributed by atoms with Crippen molar-refractivity contribution in [2.24, 2.45) is 0 Å². The minimum atomic E-state index is -0.683.